The number of nitrogens with one attached hydrogen (secondary N) is 2. The molecule has 1 aliphatic rings. The van der Waals surface area contributed by atoms with Crippen LogP contribution in [0.1, 0.15) is 26.2 Å². The topological polar surface area (TPSA) is 74.3 Å². The van der Waals surface area contributed by atoms with E-state index in [0.29, 0.717) is 11.2 Å². The maximum atomic E-state index is 7.83. The minimum absolute atomic E-state index is 0.248. The number of thioether (sulfide) groups is 1. The minimum Gasteiger partial charge on any atom is -0.405 e. The van der Waals surface area contributed by atoms with Gasteiger partial charge in [0.25, 0.3) is 0 Å². The second-order valence-electron chi connectivity index (χ2n) is 3.92. The third kappa shape index (κ3) is 3.89. The summed E-state index contributed by atoms with van der Waals surface area (Å²) in [6.45, 7) is 2.12. The summed E-state index contributed by atoms with van der Waals surface area (Å²) in [5.41, 5.74) is 6.36. The van der Waals surface area contributed by atoms with Crippen molar-refractivity contribution in [1.29, 1.82) is 5.41 Å². The van der Waals surface area contributed by atoms with Gasteiger partial charge in [0.1, 0.15) is 0 Å². The highest BCUT2D eigenvalue weighted by Gasteiger charge is 2.20. The Kier molecular flexibility index (Phi) is 5.38. The van der Waals surface area contributed by atoms with Crippen LogP contribution in [0.5, 0.6) is 0 Å². The van der Waals surface area contributed by atoms with Crippen molar-refractivity contribution in [3.8, 4) is 0 Å². The van der Waals surface area contributed by atoms with E-state index in [1.54, 1.807) is 7.05 Å². The van der Waals surface area contributed by atoms with Crippen LogP contribution in [0.25, 0.3) is 0 Å². The van der Waals surface area contributed by atoms with Gasteiger partial charge < -0.3 is 11.1 Å². The number of hydrogen-bond acceptors (Lipinski definition) is 4. The van der Waals surface area contributed by atoms with Crippen LogP contribution in [0, 0.1) is 5.41 Å². The summed E-state index contributed by atoms with van der Waals surface area (Å²) in [4.78, 5) is 4.23. The molecule has 5 heteroatoms. The summed E-state index contributed by atoms with van der Waals surface area (Å²) in [7, 11) is 1.77. The predicted molar refractivity (Wildman–Crippen MR) is 72.2 cm³/mol. The molecule has 1 fully saturated rings. The summed E-state index contributed by atoms with van der Waals surface area (Å²) in [6.07, 6.45) is 6.65. The summed E-state index contributed by atoms with van der Waals surface area (Å²) in [6, 6.07) is 0.396. The zero-order valence-corrected chi connectivity index (χ0v) is 10.7. The summed E-state index contributed by atoms with van der Waals surface area (Å²) < 4.78 is 0. The van der Waals surface area contributed by atoms with E-state index in [1.807, 2.05) is 6.08 Å². The number of nitrogens with zero attached hydrogens (tertiary/aromatic N) is 1. The Morgan fingerprint density at radius 1 is 1.62 bits per heavy atom. The zero-order chi connectivity index (χ0) is 12.0. The van der Waals surface area contributed by atoms with Crippen molar-refractivity contribution in [3.63, 3.8) is 0 Å². The molecule has 4 N–H and O–H groups in total. The van der Waals surface area contributed by atoms with E-state index in [4.69, 9.17) is 11.1 Å². The molecule has 0 saturated carbocycles. The van der Waals surface area contributed by atoms with Crippen molar-refractivity contribution < 1.29 is 0 Å². The van der Waals surface area contributed by atoms with Crippen molar-refractivity contribution in [2.75, 3.05) is 7.05 Å². The molecular formula is C11H20N4S. The van der Waals surface area contributed by atoms with Crippen LogP contribution in [-0.4, -0.2) is 29.2 Å². The Labute approximate surface area is 101 Å². The van der Waals surface area contributed by atoms with Gasteiger partial charge in [-0.05, 0) is 38.5 Å². The van der Waals surface area contributed by atoms with Gasteiger partial charge in [-0.25, -0.2) is 0 Å². The number of aliphatic imine (C=N–C) groups is 1. The highest BCUT2D eigenvalue weighted by molar-refractivity contribution is 8.14. The van der Waals surface area contributed by atoms with E-state index in [-0.39, 0.29) is 5.25 Å². The molecule has 0 aliphatic carbocycles. The van der Waals surface area contributed by atoms with Crippen molar-refractivity contribution in [3.05, 3.63) is 12.3 Å². The number of nitrogens with two attached hydrogens (primary N) is 1. The fourth-order valence-electron chi connectivity index (χ4n) is 1.77. The van der Waals surface area contributed by atoms with Gasteiger partial charge in [-0.3, -0.25) is 10.4 Å². The summed E-state index contributed by atoms with van der Waals surface area (Å²) in [5.74, 6) is 0. The number of hydrogen-bond donors (Lipinski definition) is 3. The van der Waals surface area contributed by atoms with E-state index in [1.165, 1.54) is 18.0 Å². The highest BCUT2D eigenvalue weighted by atomic mass is 32.2. The van der Waals surface area contributed by atoms with Crippen molar-refractivity contribution in [2.45, 2.75) is 37.5 Å². The molecule has 4 nitrogen and oxygen atoms in total. The molecule has 0 aromatic rings. The molecule has 1 saturated heterocycles. The molecule has 16 heavy (non-hydrogen) atoms. The zero-order valence-electron chi connectivity index (χ0n) is 9.86. The normalized spacial score (nSPS) is 28.6. The maximum absolute atomic E-state index is 7.83. The minimum atomic E-state index is 0.248. The van der Waals surface area contributed by atoms with Crippen LogP contribution in [0.4, 0.5) is 0 Å². The molecule has 90 valence electrons. The molecule has 1 aliphatic heterocycles. The standard InChI is InChI=1S/C11H20N4S/c1-8-4-3-5-10(16-11(13)15-8)9(14-2)6-7-12/h6-8,10H,3-5,12H2,1-2H3,(H2,13,15). The second-order valence-corrected chi connectivity index (χ2v) is 5.13. The lowest BCUT2D eigenvalue weighted by Gasteiger charge is -2.24. The van der Waals surface area contributed by atoms with Crippen molar-refractivity contribution in [2.24, 2.45) is 10.7 Å². The van der Waals surface area contributed by atoms with E-state index in [9.17, 15) is 0 Å². The van der Waals surface area contributed by atoms with Crippen LogP contribution in [0.15, 0.2) is 17.3 Å². The molecule has 0 spiro atoms. The Hall–Kier alpha value is -0.970. The number of rotatable bonds is 2. The fourth-order valence-corrected chi connectivity index (χ4v) is 2.92. The Morgan fingerprint density at radius 2 is 2.38 bits per heavy atom. The Balaban J connectivity index is 2.69. The first-order valence-electron chi connectivity index (χ1n) is 5.54. The second kappa shape index (κ2) is 6.58. The van der Waals surface area contributed by atoms with Gasteiger partial charge in [0.05, 0.1) is 5.25 Å². The van der Waals surface area contributed by atoms with E-state index >= 15 is 0 Å². The highest BCUT2D eigenvalue weighted by Crippen LogP contribution is 2.23. The summed E-state index contributed by atoms with van der Waals surface area (Å²) in [5, 5.41) is 11.8. The average Bonchev–Trinajstić information content (AvgIpc) is 2.22. The molecular weight excluding hydrogens is 220 g/mol. The van der Waals surface area contributed by atoms with Crippen LogP contribution in [0.2, 0.25) is 0 Å². The Morgan fingerprint density at radius 3 is 3.00 bits per heavy atom. The lowest BCUT2D eigenvalue weighted by atomic mass is 10.1. The summed E-state index contributed by atoms with van der Waals surface area (Å²) >= 11 is 1.53. The molecule has 0 aromatic heterocycles. The van der Waals surface area contributed by atoms with E-state index in [0.717, 1.165) is 25.0 Å². The quantitative estimate of drug-likeness (QED) is 0.643. The van der Waals surface area contributed by atoms with E-state index < -0.39 is 0 Å². The molecule has 2 atom stereocenters. The van der Waals surface area contributed by atoms with Crippen LogP contribution >= 0.6 is 11.8 Å². The van der Waals surface area contributed by atoms with Crippen molar-refractivity contribution in [1.82, 2.24) is 5.32 Å². The van der Waals surface area contributed by atoms with Gasteiger partial charge in [0.15, 0.2) is 5.17 Å². The lowest BCUT2D eigenvalue weighted by molar-refractivity contribution is 0.563. The average molecular weight is 240 g/mol. The predicted octanol–water partition coefficient (Wildman–Crippen LogP) is 1.73. The third-order valence-corrected chi connectivity index (χ3v) is 3.71. The Bertz CT molecular complexity index is 298. The van der Waals surface area contributed by atoms with Gasteiger partial charge in [-0.2, -0.15) is 0 Å². The maximum Gasteiger partial charge on any atom is 0.154 e. The van der Waals surface area contributed by atoms with Gasteiger partial charge in [0, 0.05) is 18.8 Å². The molecule has 1 heterocycles. The van der Waals surface area contributed by atoms with Crippen LogP contribution < -0.4 is 11.1 Å². The molecule has 0 amide bonds. The first-order valence-corrected chi connectivity index (χ1v) is 6.42. The monoisotopic (exact) mass is 240 g/mol. The van der Waals surface area contributed by atoms with Gasteiger partial charge in [0.2, 0.25) is 0 Å². The van der Waals surface area contributed by atoms with E-state index in [2.05, 4.69) is 17.2 Å². The van der Waals surface area contributed by atoms with Crippen LogP contribution in [-0.2, 0) is 0 Å². The first kappa shape index (κ1) is 13.1. The fraction of sp³-hybridized carbons (Fsp3) is 0.636. The van der Waals surface area contributed by atoms with Gasteiger partial charge in [-0.1, -0.05) is 11.8 Å². The smallest absolute Gasteiger partial charge is 0.154 e. The van der Waals surface area contributed by atoms with Gasteiger partial charge >= 0.3 is 0 Å². The molecule has 0 radical (unpaired) electrons. The lowest BCUT2D eigenvalue weighted by Crippen LogP contribution is -2.34. The first-order chi connectivity index (χ1) is 7.67. The molecule has 1 rings (SSSR count). The molecule has 2 unspecified atom stereocenters. The SMILES string of the molecule is CN=C(C=CN)C1CCCC(C)NC(=N)S1. The third-order valence-electron chi connectivity index (χ3n) is 2.60. The number of amidine groups is 1. The van der Waals surface area contributed by atoms with Crippen LogP contribution in [0.3, 0.4) is 0 Å². The molecule has 0 aromatic carbocycles. The molecule has 0 bridgehead atoms. The largest absolute Gasteiger partial charge is 0.405 e. The van der Waals surface area contributed by atoms with Crippen molar-refractivity contribution >= 4 is 22.6 Å². The van der Waals surface area contributed by atoms with Gasteiger partial charge in [-0.15, -0.1) is 0 Å². The number of allylic oxidation sites excluding steroid dienone is 1.